The number of carbonyl (C=O) groups excluding carboxylic acids is 3. The number of nitrogens with zero attached hydrogens (tertiary/aromatic N) is 6. The molecule has 2 aromatic carbocycles. The molecule has 0 aliphatic carbocycles. The quantitative estimate of drug-likeness (QED) is 0.472. The van der Waals surface area contributed by atoms with Crippen molar-refractivity contribution in [3.8, 4) is 0 Å². The first-order chi connectivity index (χ1) is 17.4. The number of carboxylic acid groups (broad SMARTS) is 1. The summed E-state index contributed by atoms with van der Waals surface area (Å²) < 4.78 is 0. The zero-order valence-electron chi connectivity index (χ0n) is 20.4. The van der Waals surface area contributed by atoms with Crippen LogP contribution in [0.4, 0.5) is 9.59 Å². The molecule has 0 saturated heterocycles. The van der Waals surface area contributed by atoms with Crippen LogP contribution in [-0.2, 0) is 14.4 Å². The van der Waals surface area contributed by atoms with Gasteiger partial charge in [-0.15, -0.1) is 5.06 Å². The van der Waals surface area contributed by atoms with Gasteiger partial charge >= 0.3 is 12.2 Å². The fourth-order valence-electron chi connectivity index (χ4n) is 4.28. The van der Waals surface area contributed by atoms with Gasteiger partial charge < -0.3 is 9.94 Å². The van der Waals surface area contributed by atoms with Crippen molar-refractivity contribution < 1.29 is 34.3 Å². The minimum atomic E-state index is -2.10. The monoisotopic (exact) mass is 508 g/mol. The van der Waals surface area contributed by atoms with Crippen LogP contribution in [0.15, 0.2) is 70.9 Å². The van der Waals surface area contributed by atoms with E-state index < -0.39 is 35.1 Å². The van der Waals surface area contributed by atoms with Crippen molar-refractivity contribution >= 4 is 35.4 Å². The smallest absolute Gasteiger partial charge is 0.459 e. The number of likely N-dealkylation sites (N-methyl/N-ethyl adjacent to an activating group) is 2. The lowest BCUT2D eigenvalue weighted by Gasteiger charge is -2.36. The third kappa shape index (κ3) is 3.85. The van der Waals surface area contributed by atoms with Crippen LogP contribution >= 0.6 is 0 Å². The Morgan fingerprint density at radius 3 is 1.65 bits per heavy atom. The first-order valence-corrected chi connectivity index (χ1v) is 11.0. The Morgan fingerprint density at radius 2 is 1.22 bits per heavy atom. The van der Waals surface area contributed by atoms with E-state index in [1.807, 2.05) is 0 Å². The highest BCUT2D eigenvalue weighted by Gasteiger charge is 2.58. The van der Waals surface area contributed by atoms with E-state index in [2.05, 4.69) is 10.2 Å². The third-order valence-electron chi connectivity index (χ3n) is 6.28. The third-order valence-corrected chi connectivity index (χ3v) is 6.28. The van der Waals surface area contributed by atoms with Gasteiger partial charge in [-0.05, 0) is 13.8 Å². The number of hydrogen-bond acceptors (Lipinski definition) is 8. The first kappa shape index (κ1) is 25.3. The summed E-state index contributed by atoms with van der Waals surface area (Å²) >= 11 is 0. The van der Waals surface area contributed by atoms with Crippen LogP contribution < -0.4 is 0 Å². The van der Waals surface area contributed by atoms with Gasteiger partial charge in [0.15, 0.2) is 5.54 Å². The molecule has 2 aliphatic heterocycles. The predicted molar refractivity (Wildman–Crippen MR) is 128 cm³/mol. The molecule has 37 heavy (non-hydrogen) atoms. The number of hydrogen-bond donors (Lipinski definition) is 2. The standard InChI is InChI=1S/C24H24N6O7/c1-23(17(25-27(3)19(23)31)15-11-7-5-8-12-15)29(36)22(35)37-30(21(33)34)24(2)18(26-28(4)20(24)32)16-13-9-6-10-14-16/h5-14,36H,1-4H3,(H,33,34). The second kappa shape index (κ2) is 9.02. The molecule has 4 amide bonds. The van der Waals surface area contributed by atoms with Gasteiger partial charge in [-0.3, -0.25) is 14.8 Å². The van der Waals surface area contributed by atoms with E-state index in [4.69, 9.17) is 4.84 Å². The van der Waals surface area contributed by atoms with Crippen LogP contribution in [0.1, 0.15) is 25.0 Å². The molecule has 0 bridgehead atoms. The summed E-state index contributed by atoms with van der Waals surface area (Å²) in [5.41, 5.74) is -3.31. The molecule has 13 nitrogen and oxygen atoms in total. The fourth-order valence-corrected chi connectivity index (χ4v) is 4.28. The van der Waals surface area contributed by atoms with Gasteiger partial charge in [-0.2, -0.15) is 15.3 Å². The van der Waals surface area contributed by atoms with Crippen molar-refractivity contribution in [3.63, 3.8) is 0 Å². The number of carbonyl (C=O) groups is 4. The molecule has 0 fully saturated rings. The maximum absolute atomic E-state index is 13.2. The Morgan fingerprint density at radius 1 is 0.811 bits per heavy atom. The maximum Gasteiger partial charge on any atom is 0.459 e. The maximum atomic E-state index is 13.2. The molecule has 2 atom stereocenters. The lowest BCUT2D eigenvalue weighted by Crippen LogP contribution is -2.63. The largest absolute Gasteiger partial charge is 0.463 e. The molecule has 0 saturated carbocycles. The molecular formula is C24H24N6O7. The second-order valence-corrected chi connectivity index (χ2v) is 8.68. The van der Waals surface area contributed by atoms with Gasteiger partial charge in [0.05, 0.1) is 0 Å². The van der Waals surface area contributed by atoms with Crippen molar-refractivity contribution in [2.24, 2.45) is 10.2 Å². The van der Waals surface area contributed by atoms with Gasteiger partial charge in [-0.1, -0.05) is 60.7 Å². The molecule has 2 aliphatic rings. The number of hydroxylamine groups is 4. The van der Waals surface area contributed by atoms with Gasteiger partial charge in [0.25, 0.3) is 11.8 Å². The van der Waals surface area contributed by atoms with Crippen LogP contribution in [0.2, 0.25) is 0 Å². The Bertz CT molecular complexity index is 1330. The van der Waals surface area contributed by atoms with Gasteiger partial charge in [-0.25, -0.2) is 19.6 Å². The molecule has 192 valence electrons. The minimum absolute atomic E-state index is 0.00489. The van der Waals surface area contributed by atoms with E-state index in [9.17, 15) is 29.5 Å². The molecule has 2 heterocycles. The Hall–Kier alpha value is -4.78. The van der Waals surface area contributed by atoms with Crippen LogP contribution in [-0.4, -0.2) is 91.1 Å². The van der Waals surface area contributed by atoms with Gasteiger partial charge in [0, 0.05) is 25.2 Å². The molecule has 0 radical (unpaired) electrons. The minimum Gasteiger partial charge on any atom is -0.463 e. The van der Waals surface area contributed by atoms with E-state index in [1.165, 1.54) is 27.9 Å². The van der Waals surface area contributed by atoms with E-state index in [-0.39, 0.29) is 21.5 Å². The van der Waals surface area contributed by atoms with Crippen molar-refractivity contribution in [1.29, 1.82) is 0 Å². The normalized spacial score (nSPS) is 23.1. The second-order valence-electron chi connectivity index (χ2n) is 8.68. The molecule has 0 aromatic heterocycles. The highest BCUT2D eigenvalue weighted by atomic mass is 16.8. The Labute approximate surface area is 211 Å². The molecule has 0 spiro atoms. The van der Waals surface area contributed by atoms with Crippen molar-refractivity contribution in [2.75, 3.05) is 14.1 Å². The van der Waals surface area contributed by atoms with Crippen molar-refractivity contribution in [2.45, 2.75) is 24.9 Å². The lowest BCUT2D eigenvalue weighted by molar-refractivity contribution is -0.190. The summed E-state index contributed by atoms with van der Waals surface area (Å²) in [7, 11) is 2.67. The van der Waals surface area contributed by atoms with Crippen molar-refractivity contribution in [1.82, 2.24) is 20.1 Å². The van der Waals surface area contributed by atoms with Crippen LogP contribution in [0.3, 0.4) is 0 Å². The summed E-state index contributed by atoms with van der Waals surface area (Å²) in [6.07, 6.45) is -3.44. The molecular weight excluding hydrogens is 484 g/mol. The summed E-state index contributed by atoms with van der Waals surface area (Å²) in [5.74, 6) is -1.58. The van der Waals surface area contributed by atoms with Crippen LogP contribution in [0.5, 0.6) is 0 Å². The zero-order valence-corrected chi connectivity index (χ0v) is 20.4. The topological polar surface area (TPSA) is 156 Å². The lowest BCUT2D eigenvalue weighted by atomic mass is 9.90. The van der Waals surface area contributed by atoms with E-state index in [1.54, 1.807) is 60.7 Å². The summed E-state index contributed by atoms with van der Waals surface area (Å²) in [5, 5.41) is 31.2. The molecule has 2 unspecified atom stereocenters. The highest BCUT2D eigenvalue weighted by Crippen LogP contribution is 2.33. The van der Waals surface area contributed by atoms with E-state index in [0.717, 1.165) is 10.0 Å². The van der Waals surface area contributed by atoms with Crippen LogP contribution in [0, 0.1) is 0 Å². The Balaban J connectivity index is 1.70. The average molecular weight is 508 g/mol. The van der Waals surface area contributed by atoms with Crippen LogP contribution in [0.25, 0.3) is 0 Å². The molecule has 2 aromatic rings. The highest BCUT2D eigenvalue weighted by molar-refractivity contribution is 6.25. The number of benzene rings is 2. The van der Waals surface area contributed by atoms with E-state index in [0.29, 0.717) is 11.1 Å². The van der Waals surface area contributed by atoms with E-state index >= 15 is 0 Å². The fraction of sp³-hybridized carbons (Fsp3) is 0.250. The predicted octanol–water partition coefficient (Wildman–Crippen LogP) is 1.98. The zero-order chi connectivity index (χ0) is 27.1. The number of rotatable bonds is 4. The van der Waals surface area contributed by atoms with Gasteiger partial charge in [0.2, 0.25) is 5.54 Å². The molecule has 13 heteroatoms. The molecule has 2 N–H and O–H groups in total. The number of amides is 4. The summed E-state index contributed by atoms with van der Waals surface area (Å²) in [4.78, 5) is 56.7. The summed E-state index contributed by atoms with van der Waals surface area (Å²) in [6, 6.07) is 16.6. The molecule has 4 rings (SSSR count). The van der Waals surface area contributed by atoms with Gasteiger partial charge in [0.1, 0.15) is 11.4 Å². The summed E-state index contributed by atoms with van der Waals surface area (Å²) in [6.45, 7) is 2.46. The Kier molecular flexibility index (Phi) is 6.17. The first-order valence-electron chi connectivity index (χ1n) is 11.0. The SMILES string of the molecule is CN1N=C(c2ccccc2)C(C)(N(O)C(=O)ON(C(=O)O)C2(C)C(=O)N(C)N=C2c2ccccc2)C1=O. The van der Waals surface area contributed by atoms with Crippen molar-refractivity contribution in [3.05, 3.63) is 71.8 Å². The average Bonchev–Trinajstić information content (AvgIpc) is 3.27. The number of hydrazone groups is 2.